The number of carbonyl (C=O) groups is 3. The Kier molecular flexibility index (Phi) is 4.49. The lowest BCUT2D eigenvalue weighted by Crippen LogP contribution is -2.42. The second-order valence-electron chi connectivity index (χ2n) is 6.60. The number of hydrogen-bond acceptors (Lipinski definition) is 5. The first-order chi connectivity index (χ1) is 12.7. The average Bonchev–Trinajstić information content (AvgIpc) is 2.78. The number of rotatable bonds is 4. The molecule has 0 aromatic heterocycles. The van der Waals surface area contributed by atoms with Crippen LogP contribution in [-0.2, 0) is 15.1 Å². The number of carbonyl (C=O) groups excluding carboxylic acids is 3. The molecule has 3 rings (SSSR count). The van der Waals surface area contributed by atoms with Crippen LogP contribution < -0.4 is 10.6 Å². The Morgan fingerprint density at radius 3 is 2.30 bits per heavy atom. The van der Waals surface area contributed by atoms with Crippen LogP contribution in [0.5, 0.6) is 11.5 Å². The second-order valence-corrected chi connectivity index (χ2v) is 6.60. The van der Waals surface area contributed by atoms with Crippen molar-refractivity contribution in [1.82, 2.24) is 10.2 Å². The number of anilines is 1. The van der Waals surface area contributed by atoms with E-state index >= 15 is 0 Å². The third-order valence-electron chi connectivity index (χ3n) is 4.39. The van der Waals surface area contributed by atoms with E-state index in [0.29, 0.717) is 5.56 Å². The van der Waals surface area contributed by atoms with Crippen LogP contribution in [0.4, 0.5) is 10.5 Å². The topological polar surface area (TPSA) is 119 Å². The summed E-state index contributed by atoms with van der Waals surface area (Å²) in [6.45, 7) is 3.00. The SMILES string of the molecule is Cc1ccc([C@]2(C)NC(=O)N(CC(=O)Nc3cc(O)cc(O)c3)C2=O)cc1. The minimum Gasteiger partial charge on any atom is -0.508 e. The van der Waals surface area contributed by atoms with Crippen LogP contribution in [0.25, 0.3) is 0 Å². The molecule has 140 valence electrons. The highest BCUT2D eigenvalue weighted by atomic mass is 16.3. The predicted octanol–water partition coefficient (Wildman–Crippen LogP) is 1.81. The van der Waals surface area contributed by atoms with Gasteiger partial charge in [0.05, 0.1) is 0 Å². The van der Waals surface area contributed by atoms with Crippen LogP contribution in [0, 0.1) is 6.92 Å². The molecule has 4 amide bonds. The smallest absolute Gasteiger partial charge is 0.325 e. The van der Waals surface area contributed by atoms with E-state index in [-0.39, 0.29) is 17.2 Å². The first-order valence-corrected chi connectivity index (χ1v) is 8.23. The number of imide groups is 1. The number of amides is 4. The summed E-state index contributed by atoms with van der Waals surface area (Å²) >= 11 is 0. The van der Waals surface area contributed by atoms with Crippen LogP contribution in [-0.4, -0.2) is 39.5 Å². The van der Waals surface area contributed by atoms with Gasteiger partial charge in [0.15, 0.2) is 0 Å². The molecule has 0 saturated carbocycles. The molecule has 0 spiro atoms. The maximum atomic E-state index is 12.8. The van der Waals surface area contributed by atoms with Gasteiger partial charge in [0.1, 0.15) is 23.6 Å². The van der Waals surface area contributed by atoms with Gasteiger partial charge < -0.3 is 20.8 Å². The number of aryl methyl sites for hydroxylation is 1. The summed E-state index contributed by atoms with van der Waals surface area (Å²) in [6.07, 6.45) is 0. The highest BCUT2D eigenvalue weighted by Gasteiger charge is 2.49. The Morgan fingerprint density at radius 1 is 1.11 bits per heavy atom. The van der Waals surface area contributed by atoms with Crippen LogP contribution >= 0.6 is 0 Å². The number of nitrogens with one attached hydrogen (secondary N) is 2. The molecule has 8 heteroatoms. The van der Waals surface area contributed by atoms with Crippen molar-refractivity contribution in [2.45, 2.75) is 19.4 Å². The van der Waals surface area contributed by atoms with Gasteiger partial charge in [-0.3, -0.25) is 14.5 Å². The van der Waals surface area contributed by atoms with Crippen molar-refractivity contribution in [2.75, 3.05) is 11.9 Å². The van der Waals surface area contributed by atoms with E-state index in [4.69, 9.17) is 0 Å². The van der Waals surface area contributed by atoms with E-state index in [1.165, 1.54) is 12.1 Å². The zero-order valence-corrected chi connectivity index (χ0v) is 14.8. The zero-order chi connectivity index (χ0) is 19.8. The summed E-state index contributed by atoms with van der Waals surface area (Å²) in [6, 6.07) is 10.1. The van der Waals surface area contributed by atoms with Crippen LogP contribution in [0.3, 0.4) is 0 Å². The number of nitrogens with zero attached hydrogens (tertiary/aromatic N) is 1. The van der Waals surface area contributed by atoms with Crippen molar-refractivity contribution in [3.8, 4) is 11.5 Å². The Morgan fingerprint density at radius 2 is 1.70 bits per heavy atom. The fourth-order valence-corrected chi connectivity index (χ4v) is 2.93. The molecule has 1 fully saturated rings. The molecule has 0 unspecified atom stereocenters. The van der Waals surface area contributed by atoms with E-state index in [1.807, 2.05) is 19.1 Å². The minimum atomic E-state index is -1.26. The molecule has 2 aromatic carbocycles. The van der Waals surface area contributed by atoms with Gasteiger partial charge in [0, 0.05) is 23.9 Å². The van der Waals surface area contributed by atoms with Crippen LogP contribution in [0.1, 0.15) is 18.1 Å². The van der Waals surface area contributed by atoms with E-state index in [0.717, 1.165) is 16.5 Å². The molecule has 8 nitrogen and oxygen atoms in total. The van der Waals surface area contributed by atoms with Gasteiger partial charge in [-0.2, -0.15) is 0 Å². The van der Waals surface area contributed by atoms with Crippen molar-refractivity contribution < 1.29 is 24.6 Å². The molecule has 4 N–H and O–H groups in total. The molecular weight excluding hydrogens is 350 g/mol. The number of phenols is 2. The van der Waals surface area contributed by atoms with Crippen molar-refractivity contribution in [2.24, 2.45) is 0 Å². The summed E-state index contributed by atoms with van der Waals surface area (Å²) in [5, 5.41) is 24.0. The Hall–Kier alpha value is -3.55. The van der Waals surface area contributed by atoms with Crippen molar-refractivity contribution in [3.63, 3.8) is 0 Å². The summed E-state index contributed by atoms with van der Waals surface area (Å²) in [5.74, 6) is -1.64. The lowest BCUT2D eigenvalue weighted by Gasteiger charge is -2.22. The van der Waals surface area contributed by atoms with Gasteiger partial charge in [-0.1, -0.05) is 29.8 Å². The summed E-state index contributed by atoms with van der Waals surface area (Å²) in [4.78, 5) is 38.1. The largest absolute Gasteiger partial charge is 0.508 e. The van der Waals surface area contributed by atoms with Crippen LogP contribution in [0.15, 0.2) is 42.5 Å². The normalized spacial score (nSPS) is 19.1. The average molecular weight is 369 g/mol. The predicted molar refractivity (Wildman–Crippen MR) is 97.2 cm³/mol. The molecule has 2 aromatic rings. The third-order valence-corrected chi connectivity index (χ3v) is 4.39. The molecule has 1 atom stereocenters. The van der Waals surface area contributed by atoms with Gasteiger partial charge in [0.2, 0.25) is 5.91 Å². The first kappa shape index (κ1) is 18.2. The molecule has 0 radical (unpaired) electrons. The second kappa shape index (κ2) is 6.64. The van der Waals surface area contributed by atoms with Crippen molar-refractivity contribution in [3.05, 3.63) is 53.6 Å². The number of urea groups is 1. The lowest BCUT2D eigenvalue weighted by molar-refractivity contribution is -0.133. The summed E-state index contributed by atoms with van der Waals surface area (Å²) in [7, 11) is 0. The van der Waals surface area contributed by atoms with Gasteiger partial charge in [0.25, 0.3) is 5.91 Å². The number of phenolic OH excluding ortho intramolecular Hbond substituents is 2. The maximum absolute atomic E-state index is 12.8. The lowest BCUT2D eigenvalue weighted by atomic mass is 9.91. The number of hydrogen-bond donors (Lipinski definition) is 4. The summed E-state index contributed by atoms with van der Waals surface area (Å²) in [5.41, 5.74) is 0.525. The fourth-order valence-electron chi connectivity index (χ4n) is 2.93. The molecule has 1 aliphatic heterocycles. The molecule has 0 aliphatic carbocycles. The molecular formula is C19H19N3O5. The first-order valence-electron chi connectivity index (χ1n) is 8.23. The number of benzene rings is 2. The van der Waals surface area contributed by atoms with Crippen molar-refractivity contribution in [1.29, 1.82) is 0 Å². The maximum Gasteiger partial charge on any atom is 0.325 e. The monoisotopic (exact) mass is 369 g/mol. The number of aromatic hydroxyl groups is 2. The minimum absolute atomic E-state index is 0.144. The highest BCUT2D eigenvalue weighted by molar-refractivity contribution is 6.10. The summed E-state index contributed by atoms with van der Waals surface area (Å²) < 4.78 is 0. The molecule has 27 heavy (non-hydrogen) atoms. The van der Waals surface area contributed by atoms with Gasteiger partial charge in [-0.25, -0.2) is 4.79 Å². The van der Waals surface area contributed by atoms with Gasteiger partial charge in [-0.15, -0.1) is 0 Å². The molecule has 1 aliphatic rings. The Labute approximate surface area is 155 Å². The van der Waals surface area contributed by atoms with E-state index in [9.17, 15) is 24.6 Å². The molecule has 0 bridgehead atoms. The fraction of sp³-hybridized carbons (Fsp3) is 0.211. The van der Waals surface area contributed by atoms with E-state index in [1.54, 1.807) is 19.1 Å². The standard InChI is InChI=1S/C19H19N3O5/c1-11-3-5-12(6-4-11)19(2)17(26)22(18(27)21-19)10-16(25)20-13-7-14(23)9-15(24)8-13/h3-9,23-24H,10H2,1-2H3,(H,20,25)(H,21,27)/t19-/m0/s1. The third kappa shape index (κ3) is 3.55. The highest BCUT2D eigenvalue weighted by Crippen LogP contribution is 2.29. The van der Waals surface area contributed by atoms with Crippen LogP contribution in [0.2, 0.25) is 0 Å². The van der Waals surface area contributed by atoms with E-state index < -0.39 is 29.9 Å². The van der Waals surface area contributed by atoms with Gasteiger partial charge >= 0.3 is 6.03 Å². The Bertz CT molecular complexity index is 905. The van der Waals surface area contributed by atoms with E-state index in [2.05, 4.69) is 10.6 Å². The zero-order valence-electron chi connectivity index (χ0n) is 14.8. The molecule has 1 saturated heterocycles. The Balaban J connectivity index is 1.75. The quantitative estimate of drug-likeness (QED) is 0.613. The van der Waals surface area contributed by atoms with Gasteiger partial charge in [-0.05, 0) is 19.4 Å². The molecule has 1 heterocycles. The van der Waals surface area contributed by atoms with Crippen molar-refractivity contribution >= 4 is 23.5 Å².